The number of aliphatic imine (C=N–C) groups is 1. The zero-order valence-electron chi connectivity index (χ0n) is 16.6. The van der Waals surface area contributed by atoms with Gasteiger partial charge in [0.05, 0.1) is 6.54 Å². The maximum Gasteiger partial charge on any atom is 0.191 e. The first-order valence-electron chi connectivity index (χ1n) is 9.20. The summed E-state index contributed by atoms with van der Waals surface area (Å²) < 4.78 is 2.16. The fraction of sp³-hybridized carbons (Fsp3) is 0.333. The second-order valence-corrected chi connectivity index (χ2v) is 8.02. The van der Waals surface area contributed by atoms with Crippen molar-refractivity contribution in [3.63, 3.8) is 0 Å². The number of benzene rings is 1. The van der Waals surface area contributed by atoms with Crippen molar-refractivity contribution in [1.82, 2.24) is 20.2 Å². The van der Waals surface area contributed by atoms with Gasteiger partial charge in [-0.25, -0.2) is 4.98 Å². The highest BCUT2D eigenvalue weighted by Gasteiger charge is 2.09. The highest BCUT2D eigenvalue weighted by molar-refractivity contribution is 14.0. The summed E-state index contributed by atoms with van der Waals surface area (Å²) in [7, 11) is 1.80. The Hall–Kier alpha value is -1.87. The molecule has 0 spiro atoms. The van der Waals surface area contributed by atoms with E-state index in [1.165, 1.54) is 15.3 Å². The second kappa shape index (κ2) is 11.2. The minimum atomic E-state index is 0. The van der Waals surface area contributed by atoms with E-state index in [1.54, 1.807) is 7.05 Å². The van der Waals surface area contributed by atoms with Crippen molar-refractivity contribution in [3.8, 4) is 0 Å². The van der Waals surface area contributed by atoms with Crippen LogP contribution in [0, 0.1) is 6.92 Å². The minimum absolute atomic E-state index is 0. The molecule has 0 bridgehead atoms. The van der Waals surface area contributed by atoms with Crippen LogP contribution < -0.4 is 10.6 Å². The largest absolute Gasteiger partial charge is 0.354 e. The topological polar surface area (TPSA) is 54.2 Å². The molecule has 0 amide bonds. The van der Waals surface area contributed by atoms with E-state index in [-0.39, 0.29) is 24.0 Å². The Bertz CT molecular complexity index is 872. The number of aryl methyl sites for hydroxylation is 1. The number of imidazole rings is 1. The molecule has 0 aliphatic carbocycles. The van der Waals surface area contributed by atoms with Gasteiger partial charge in [0.2, 0.25) is 0 Å². The molecular weight excluding hydrogens is 481 g/mol. The molecule has 0 saturated heterocycles. The molecule has 2 heterocycles. The Balaban J connectivity index is 0.00000280. The molecule has 7 heteroatoms. The van der Waals surface area contributed by atoms with E-state index in [9.17, 15) is 0 Å². The van der Waals surface area contributed by atoms with E-state index in [0.29, 0.717) is 12.6 Å². The first kappa shape index (κ1) is 22.4. The monoisotopic (exact) mass is 509 g/mol. The maximum absolute atomic E-state index is 4.49. The van der Waals surface area contributed by atoms with Crippen LogP contribution in [0.25, 0.3) is 0 Å². The quantitative estimate of drug-likeness (QED) is 0.285. The lowest BCUT2D eigenvalue weighted by Gasteiger charge is -2.17. The summed E-state index contributed by atoms with van der Waals surface area (Å²) in [5.74, 6) is 1.79. The number of aromatic nitrogens is 2. The van der Waals surface area contributed by atoms with Crippen molar-refractivity contribution in [3.05, 3.63) is 76.0 Å². The van der Waals surface area contributed by atoms with Gasteiger partial charge in [-0.1, -0.05) is 30.3 Å². The van der Waals surface area contributed by atoms with Gasteiger partial charge in [-0.2, -0.15) is 0 Å². The van der Waals surface area contributed by atoms with Crippen molar-refractivity contribution in [2.24, 2.45) is 4.99 Å². The molecular formula is C21H28IN5S. The Labute approximate surface area is 188 Å². The van der Waals surface area contributed by atoms with Crippen LogP contribution in [0.5, 0.6) is 0 Å². The van der Waals surface area contributed by atoms with E-state index in [0.717, 1.165) is 24.7 Å². The summed E-state index contributed by atoms with van der Waals surface area (Å²) in [6.45, 7) is 5.77. The normalized spacial score (nSPS) is 12.3. The first-order chi connectivity index (χ1) is 13.1. The molecule has 150 valence electrons. The molecule has 3 aromatic rings. The van der Waals surface area contributed by atoms with Gasteiger partial charge in [0.1, 0.15) is 5.82 Å². The number of guanidine groups is 1. The SMILES string of the molecule is CN=C(NCc1nccn1Cc1ccccc1)NC(C)Cc1ccc(C)s1.I. The third-order valence-electron chi connectivity index (χ3n) is 4.32. The summed E-state index contributed by atoms with van der Waals surface area (Å²) in [5, 5.41) is 6.84. The Kier molecular flexibility index (Phi) is 8.98. The third kappa shape index (κ3) is 6.63. The highest BCUT2D eigenvalue weighted by atomic mass is 127. The standard InChI is InChI=1S/C21H27N5S.HI/c1-16(13-19-10-9-17(2)27-19)25-21(22-3)24-14-20-23-11-12-26(20)15-18-7-5-4-6-8-18;/h4-12,16H,13-15H2,1-3H3,(H2,22,24,25);1H. The van der Waals surface area contributed by atoms with Crippen molar-refractivity contribution in [2.75, 3.05) is 7.05 Å². The van der Waals surface area contributed by atoms with E-state index in [2.05, 4.69) is 75.4 Å². The van der Waals surface area contributed by atoms with Crippen LogP contribution in [0.4, 0.5) is 0 Å². The van der Waals surface area contributed by atoms with Crippen molar-refractivity contribution in [1.29, 1.82) is 0 Å². The number of hydrogen-bond acceptors (Lipinski definition) is 3. The molecule has 5 nitrogen and oxygen atoms in total. The molecule has 0 aliphatic rings. The van der Waals surface area contributed by atoms with E-state index in [4.69, 9.17) is 0 Å². The number of hydrogen-bond donors (Lipinski definition) is 2. The van der Waals surface area contributed by atoms with Crippen LogP contribution in [0.1, 0.15) is 28.1 Å². The van der Waals surface area contributed by atoms with Gasteiger partial charge >= 0.3 is 0 Å². The molecule has 0 aliphatic heterocycles. The van der Waals surface area contributed by atoms with Crippen LogP contribution in [0.3, 0.4) is 0 Å². The third-order valence-corrected chi connectivity index (χ3v) is 5.34. The number of thiophene rings is 1. The lowest BCUT2D eigenvalue weighted by molar-refractivity contribution is 0.633. The lowest BCUT2D eigenvalue weighted by atomic mass is 10.2. The van der Waals surface area contributed by atoms with E-state index < -0.39 is 0 Å². The Morgan fingerprint density at radius 1 is 1.21 bits per heavy atom. The molecule has 1 aromatic carbocycles. The lowest BCUT2D eigenvalue weighted by Crippen LogP contribution is -2.43. The molecule has 1 unspecified atom stereocenters. The van der Waals surface area contributed by atoms with Gasteiger partial charge in [-0.3, -0.25) is 4.99 Å². The predicted molar refractivity (Wildman–Crippen MR) is 129 cm³/mol. The molecule has 0 fully saturated rings. The van der Waals surface area contributed by atoms with Gasteiger partial charge in [-0.15, -0.1) is 35.3 Å². The summed E-state index contributed by atoms with van der Waals surface area (Å²) in [4.78, 5) is 11.6. The van der Waals surface area contributed by atoms with Crippen molar-refractivity contribution in [2.45, 2.75) is 39.4 Å². The van der Waals surface area contributed by atoms with Crippen molar-refractivity contribution >= 4 is 41.3 Å². The number of halogens is 1. The maximum atomic E-state index is 4.49. The van der Waals surface area contributed by atoms with Crippen LogP contribution >= 0.6 is 35.3 Å². The average molecular weight is 509 g/mol. The van der Waals surface area contributed by atoms with Crippen molar-refractivity contribution < 1.29 is 0 Å². The molecule has 2 N–H and O–H groups in total. The summed E-state index contributed by atoms with van der Waals surface area (Å²) in [5.41, 5.74) is 1.26. The van der Waals surface area contributed by atoms with Crippen LogP contribution in [0.2, 0.25) is 0 Å². The van der Waals surface area contributed by atoms with Gasteiger partial charge in [0.25, 0.3) is 0 Å². The minimum Gasteiger partial charge on any atom is -0.354 e. The highest BCUT2D eigenvalue weighted by Crippen LogP contribution is 2.16. The zero-order chi connectivity index (χ0) is 19.1. The van der Waals surface area contributed by atoms with Crippen LogP contribution in [-0.2, 0) is 19.5 Å². The first-order valence-corrected chi connectivity index (χ1v) is 10.0. The van der Waals surface area contributed by atoms with Gasteiger partial charge in [0, 0.05) is 48.2 Å². The summed E-state index contributed by atoms with van der Waals surface area (Å²) in [6, 6.07) is 15.1. The van der Waals surface area contributed by atoms with Crippen LogP contribution in [0.15, 0.2) is 59.9 Å². The van der Waals surface area contributed by atoms with Gasteiger partial charge in [-0.05, 0) is 31.5 Å². The average Bonchev–Trinajstić information content (AvgIpc) is 3.28. The number of nitrogens with one attached hydrogen (secondary N) is 2. The number of rotatable bonds is 7. The fourth-order valence-electron chi connectivity index (χ4n) is 2.97. The molecule has 0 radical (unpaired) electrons. The Morgan fingerprint density at radius 3 is 2.68 bits per heavy atom. The predicted octanol–water partition coefficient (Wildman–Crippen LogP) is 4.22. The molecule has 0 saturated carbocycles. The molecule has 3 rings (SSSR count). The summed E-state index contributed by atoms with van der Waals surface area (Å²) >= 11 is 1.85. The summed E-state index contributed by atoms with van der Waals surface area (Å²) in [6.07, 6.45) is 4.85. The molecule has 1 atom stereocenters. The Morgan fingerprint density at radius 2 is 2.00 bits per heavy atom. The smallest absolute Gasteiger partial charge is 0.191 e. The second-order valence-electron chi connectivity index (χ2n) is 6.64. The van der Waals surface area contributed by atoms with E-state index >= 15 is 0 Å². The van der Waals surface area contributed by atoms with Gasteiger partial charge in [0.15, 0.2) is 5.96 Å². The van der Waals surface area contributed by atoms with Crippen LogP contribution in [-0.4, -0.2) is 28.6 Å². The molecule has 28 heavy (non-hydrogen) atoms. The zero-order valence-corrected chi connectivity index (χ0v) is 19.7. The number of nitrogens with zero attached hydrogens (tertiary/aromatic N) is 3. The van der Waals surface area contributed by atoms with Gasteiger partial charge < -0.3 is 15.2 Å². The molecule has 2 aromatic heterocycles. The fourth-order valence-corrected chi connectivity index (χ4v) is 3.99. The van der Waals surface area contributed by atoms with E-state index in [1.807, 2.05) is 29.8 Å².